The predicted octanol–water partition coefficient (Wildman–Crippen LogP) is 5.45. The minimum Gasteiger partial charge on any atom is -0.392 e. The third-order valence-electron chi connectivity index (χ3n) is 11.1. The lowest BCUT2D eigenvalue weighted by atomic mass is 9.45. The Balaban J connectivity index is 1.45. The van der Waals surface area contributed by atoms with Gasteiger partial charge in [-0.3, -0.25) is 0 Å². The van der Waals surface area contributed by atoms with E-state index in [4.69, 9.17) is 4.74 Å². The fourth-order valence-electron chi connectivity index (χ4n) is 9.89. The lowest BCUT2D eigenvalue weighted by molar-refractivity contribution is -0.160. The van der Waals surface area contributed by atoms with Gasteiger partial charge in [-0.2, -0.15) is 0 Å². The number of aliphatic hydroxyl groups is 1. The minimum atomic E-state index is 0.180. The van der Waals surface area contributed by atoms with Crippen LogP contribution in [-0.2, 0) is 4.74 Å². The molecule has 27 heavy (non-hydrogen) atoms. The quantitative estimate of drug-likeness (QED) is 0.665. The van der Waals surface area contributed by atoms with Crippen molar-refractivity contribution in [3.05, 3.63) is 12.2 Å². The first-order valence-electron chi connectivity index (χ1n) is 11.7. The molecule has 1 spiro atoms. The maximum atomic E-state index is 9.21. The average Bonchev–Trinajstić information content (AvgIpc) is 3.16. The molecule has 5 aliphatic carbocycles. The highest BCUT2D eigenvalue weighted by Gasteiger charge is 2.77. The van der Waals surface area contributed by atoms with Gasteiger partial charge < -0.3 is 9.84 Å². The van der Waals surface area contributed by atoms with Crippen LogP contribution in [0.1, 0.15) is 72.1 Å². The molecular weight excluding hydrogens is 332 g/mol. The maximum absolute atomic E-state index is 9.21. The summed E-state index contributed by atoms with van der Waals surface area (Å²) in [6.45, 7) is 7.86. The minimum absolute atomic E-state index is 0.180. The molecule has 10 atom stereocenters. The van der Waals surface area contributed by atoms with Crippen molar-refractivity contribution in [1.82, 2.24) is 0 Å². The van der Waals surface area contributed by atoms with Crippen LogP contribution in [0.2, 0.25) is 0 Å². The summed E-state index contributed by atoms with van der Waals surface area (Å²) in [6, 6.07) is 0. The fourth-order valence-corrected chi connectivity index (χ4v) is 9.89. The standard InChI is InChI=1S/C25H40O2/c1-16(6-5-13-26)19-7-8-20-18-14-22(27-4)25-15-17(25)9-12-24(25,3)21(18)10-11-23(19,20)2/h5-6,16-22,26H,7-15H2,1-4H3/b6-5+/t16-,17-,18+,19-,20+,21+,22-,23-,24-,25+/m1/s1. The molecule has 5 rings (SSSR count). The van der Waals surface area contributed by atoms with E-state index < -0.39 is 0 Å². The van der Waals surface area contributed by atoms with E-state index in [1.165, 1.54) is 51.4 Å². The molecule has 0 bridgehead atoms. The number of allylic oxidation sites excluding steroid dienone is 1. The molecule has 5 fully saturated rings. The number of fused-ring (bicyclic) bond motifs is 4. The summed E-state index contributed by atoms with van der Waals surface area (Å²) < 4.78 is 6.23. The van der Waals surface area contributed by atoms with Crippen molar-refractivity contribution in [1.29, 1.82) is 0 Å². The molecule has 0 aromatic carbocycles. The molecule has 1 N–H and O–H groups in total. The molecule has 5 aliphatic rings. The van der Waals surface area contributed by atoms with Crippen LogP contribution in [0, 0.1) is 51.8 Å². The van der Waals surface area contributed by atoms with E-state index in [0.717, 1.165) is 29.6 Å². The fraction of sp³-hybridized carbons (Fsp3) is 0.920. The van der Waals surface area contributed by atoms with Gasteiger partial charge >= 0.3 is 0 Å². The second kappa shape index (κ2) is 6.08. The van der Waals surface area contributed by atoms with Crippen LogP contribution in [0.3, 0.4) is 0 Å². The van der Waals surface area contributed by atoms with Crippen molar-refractivity contribution in [3.8, 4) is 0 Å². The lowest BCUT2D eigenvalue weighted by Crippen LogP contribution is -2.57. The van der Waals surface area contributed by atoms with E-state index in [0.29, 0.717) is 28.3 Å². The van der Waals surface area contributed by atoms with Crippen LogP contribution < -0.4 is 0 Å². The third-order valence-corrected chi connectivity index (χ3v) is 11.1. The Morgan fingerprint density at radius 2 is 1.93 bits per heavy atom. The average molecular weight is 373 g/mol. The van der Waals surface area contributed by atoms with Crippen molar-refractivity contribution in [2.24, 2.45) is 51.8 Å². The summed E-state index contributed by atoms with van der Waals surface area (Å²) in [5, 5.41) is 9.21. The van der Waals surface area contributed by atoms with Gasteiger partial charge in [0.2, 0.25) is 0 Å². The number of ether oxygens (including phenoxy) is 1. The topological polar surface area (TPSA) is 29.5 Å². The summed E-state index contributed by atoms with van der Waals surface area (Å²) >= 11 is 0. The van der Waals surface area contributed by atoms with Gasteiger partial charge in [0.15, 0.2) is 0 Å². The van der Waals surface area contributed by atoms with E-state index in [9.17, 15) is 5.11 Å². The van der Waals surface area contributed by atoms with E-state index in [2.05, 4.69) is 26.8 Å². The van der Waals surface area contributed by atoms with Gasteiger partial charge in [-0.25, -0.2) is 0 Å². The molecule has 0 radical (unpaired) electrons. The van der Waals surface area contributed by atoms with Crippen molar-refractivity contribution in [2.45, 2.75) is 78.2 Å². The molecule has 5 saturated carbocycles. The maximum Gasteiger partial charge on any atom is 0.0638 e. The molecule has 0 aromatic rings. The predicted molar refractivity (Wildman–Crippen MR) is 109 cm³/mol. The highest BCUT2D eigenvalue weighted by molar-refractivity contribution is 5.26. The van der Waals surface area contributed by atoms with Crippen molar-refractivity contribution < 1.29 is 9.84 Å². The van der Waals surface area contributed by atoms with Gasteiger partial charge in [0.1, 0.15) is 0 Å². The number of methoxy groups -OCH3 is 1. The molecule has 2 heteroatoms. The Morgan fingerprint density at radius 3 is 2.63 bits per heavy atom. The normalized spacial score (nSPS) is 57.1. The van der Waals surface area contributed by atoms with Gasteiger partial charge in [-0.15, -0.1) is 0 Å². The number of aliphatic hydroxyl groups excluding tert-OH is 1. The largest absolute Gasteiger partial charge is 0.392 e. The van der Waals surface area contributed by atoms with Crippen molar-refractivity contribution in [2.75, 3.05) is 13.7 Å². The molecule has 0 aliphatic heterocycles. The number of rotatable bonds is 4. The zero-order chi connectivity index (χ0) is 19.0. The summed E-state index contributed by atoms with van der Waals surface area (Å²) in [6.07, 6.45) is 16.2. The molecule has 0 aromatic heterocycles. The van der Waals surface area contributed by atoms with Crippen molar-refractivity contribution in [3.63, 3.8) is 0 Å². The van der Waals surface area contributed by atoms with E-state index in [1.54, 1.807) is 0 Å². The Morgan fingerprint density at radius 1 is 1.11 bits per heavy atom. The van der Waals surface area contributed by atoms with Crippen LogP contribution >= 0.6 is 0 Å². The molecule has 0 amide bonds. The van der Waals surface area contributed by atoms with Crippen LogP contribution in [-0.4, -0.2) is 24.9 Å². The molecule has 0 heterocycles. The van der Waals surface area contributed by atoms with Crippen molar-refractivity contribution >= 4 is 0 Å². The molecule has 152 valence electrons. The van der Waals surface area contributed by atoms with Crippen LogP contribution in [0.4, 0.5) is 0 Å². The van der Waals surface area contributed by atoms with E-state index in [-0.39, 0.29) is 6.61 Å². The summed E-state index contributed by atoms with van der Waals surface area (Å²) in [5.41, 5.74) is 1.58. The van der Waals surface area contributed by atoms with Gasteiger partial charge in [-0.05, 0) is 97.7 Å². The molecular formula is C25H40O2. The lowest BCUT2D eigenvalue weighted by Gasteiger charge is -2.61. The summed E-state index contributed by atoms with van der Waals surface area (Å²) in [5.74, 6) is 5.05. The van der Waals surface area contributed by atoms with Crippen LogP contribution in [0.5, 0.6) is 0 Å². The highest BCUT2D eigenvalue weighted by atomic mass is 16.5. The Labute approximate surface area is 166 Å². The Hall–Kier alpha value is -0.340. The zero-order valence-corrected chi connectivity index (χ0v) is 17.9. The first-order chi connectivity index (χ1) is 12.9. The monoisotopic (exact) mass is 372 g/mol. The number of hydrogen-bond donors (Lipinski definition) is 1. The highest BCUT2D eigenvalue weighted by Crippen LogP contribution is 2.82. The first-order valence-corrected chi connectivity index (χ1v) is 11.7. The smallest absolute Gasteiger partial charge is 0.0638 e. The SMILES string of the molecule is CO[C@@H]1C[C@H]2[C@@H]3CC[C@H]([C@H](C)/C=C/CO)[C@@]3(C)CC[C@@H]2[C@@]2(C)CC[C@@H]3C[C@]312. The Kier molecular flexibility index (Phi) is 4.21. The van der Waals surface area contributed by atoms with Crippen LogP contribution in [0.25, 0.3) is 0 Å². The van der Waals surface area contributed by atoms with Gasteiger partial charge in [-0.1, -0.05) is 32.9 Å². The Bertz CT molecular complexity index is 628. The van der Waals surface area contributed by atoms with E-state index >= 15 is 0 Å². The second-order valence-corrected chi connectivity index (χ2v) is 11.4. The summed E-state index contributed by atoms with van der Waals surface area (Å²) in [7, 11) is 2.00. The molecule has 2 nitrogen and oxygen atoms in total. The number of hydrogen-bond acceptors (Lipinski definition) is 2. The van der Waals surface area contributed by atoms with Gasteiger partial charge in [0.25, 0.3) is 0 Å². The second-order valence-electron chi connectivity index (χ2n) is 11.4. The van der Waals surface area contributed by atoms with Crippen LogP contribution in [0.15, 0.2) is 12.2 Å². The van der Waals surface area contributed by atoms with E-state index in [1.807, 2.05) is 13.2 Å². The summed E-state index contributed by atoms with van der Waals surface area (Å²) in [4.78, 5) is 0. The first kappa shape index (κ1) is 18.7. The van der Waals surface area contributed by atoms with Gasteiger partial charge in [0.05, 0.1) is 12.7 Å². The molecule has 0 saturated heterocycles. The molecule has 0 unspecified atom stereocenters. The zero-order valence-electron chi connectivity index (χ0n) is 17.9. The third kappa shape index (κ3) is 2.21. The van der Waals surface area contributed by atoms with Gasteiger partial charge in [0, 0.05) is 12.5 Å².